The molecule has 66 valence electrons. The van der Waals surface area contributed by atoms with E-state index >= 15 is 0 Å². The maximum atomic E-state index is 4.13. The van der Waals surface area contributed by atoms with Crippen LogP contribution in [0.15, 0.2) is 0 Å². The topological polar surface area (TPSA) is 32.1 Å². The van der Waals surface area contributed by atoms with Crippen molar-refractivity contribution < 1.29 is 10.6 Å². The predicted molar refractivity (Wildman–Crippen MR) is 46.4 cm³/mol. The van der Waals surface area contributed by atoms with Gasteiger partial charge < -0.3 is 10.6 Å². The van der Waals surface area contributed by atoms with Crippen molar-refractivity contribution in [3.63, 3.8) is 0 Å². The van der Waals surface area contributed by atoms with Crippen LogP contribution in [0.25, 0.3) is 0 Å². The molecule has 1 atom stereocenters. The van der Waals surface area contributed by atoms with Crippen LogP contribution in [0.2, 0.25) is 0 Å². The van der Waals surface area contributed by atoms with Crippen LogP contribution in [0.3, 0.4) is 0 Å². The van der Waals surface area contributed by atoms with Gasteiger partial charge in [0.05, 0.1) is 13.1 Å². The fourth-order valence-electron chi connectivity index (χ4n) is 1.81. The molecule has 0 spiro atoms. The molecule has 0 amide bonds. The van der Waals surface area contributed by atoms with Crippen LogP contribution in [-0.4, -0.2) is 25.7 Å². The van der Waals surface area contributed by atoms with Gasteiger partial charge in [-0.1, -0.05) is 6.92 Å². The van der Waals surface area contributed by atoms with E-state index in [0.29, 0.717) is 6.04 Å². The van der Waals surface area contributed by atoms with Crippen molar-refractivity contribution in [3.8, 4) is 0 Å². The lowest BCUT2D eigenvalue weighted by Gasteiger charge is -2.24. The van der Waals surface area contributed by atoms with Gasteiger partial charge in [-0.15, -0.1) is 0 Å². The molecule has 1 aliphatic heterocycles. The minimum Gasteiger partial charge on any atom is -0.350 e. The summed E-state index contributed by atoms with van der Waals surface area (Å²) < 4.78 is 0. The quantitative estimate of drug-likeness (QED) is 0.532. The van der Waals surface area contributed by atoms with E-state index in [9.17, 15) is 0 Å². The number of quaternary nitrogens is 2. The molecule has 1 rings (SSSR count). The monoisotopic (exact) mass is 158 g/mol. The highest BCUT2D eigenvalue weighted by Gasteiger charge is 2.17. The summed E-state index contributed by atoms with van der Waals surface area (Å²) in [5.41, 5.74) is 4.13. The largest absolute Gasteiger partial charge is 0.350 e. The molecule has 0 aromatic carbocycles. The average molecular weight is 158 g/mol. The van der Waals surface area contributed by atoms with Gasteiger partial charge >= 0.3 is 0 Å². The van der Waals surface area contributed by atoms with Crippen LogP contribution in [0.4, 0.5) is 0 Å². The van der Waals surface area contributed by atoms with E-state index in [1.54, 1.807) is 4.90 Å². The normalized spacial score (nSPS) is 23.5. The molecule has 1 fully saturated rings. The number of rotatable bonds is 3. The molecule has 1 saturated heterocycles. The second-order valence-electron chi connectivity index (χ2n) is 3.79. The lowest BCUT2D eigenvalue weighted by Crippen LogP contribution is -3.15. The van der Waals surface area contributed by atoms with E-state index in [2.05, 4.69) is 12.7 Å². The first-order valence-electron chi connectivity index (χ1n) is 4.99. The Labute approximate surface area is 69.8 Å². The van der Waals surface area contributed by atoms with Crippen molar-refractivity contribution in [2.45, 2.75) is 38.6 Å². The summed E-state index contributed by atoms with van der Waals surface area (Å²) >= 11 is 0. The van der Waals surface area contributed by atoms with E-state index in [1.165, 1.54) is 45.3 Å². The Balaban J connectivity index is 2.13. The molecule has 0 bridgehead atoms. The van der Waals surface area contributed by atoms with Crippen LogP contribution in [-0.2, 0) is 0 Å². The van der Waals surface area contributed by atoms with Gasteiger partial charge in [0.1, 0.15) is 12.6 Å². The van der Waals surface area contributed by atoms with Gasteiger partial charge in [0.15, 0.2) is 0 Å². The highest BCUT2D eigenvalue weighted by Crippen LogP contribution is 1.94. The van der Waals surface area contributed by atoms with Crippen LogP contribution >= 0.6 is 0 Å². The van der Waals surface area contributed by atoms with Crippen molar-refractivity contribution in [2.75, 3.05) is 19.6 Å². The third-order valence-electron chi connectivity index (χ3n) is 2.72. The molecule has 0 aromatic heterocycles. The Hall–Kier alpha value is -0.0800. The fourth-order valence-corrected chi connectivity index (χ4v) is 1.81. The Kier molecular flexibility index (Phi) is 3.87. The minimum absolute atomic E-state index is 0.683. The van der Waals surface area contributed by atoms with Crippen LogP contribution in [0.1, 0.15) is 32.6 Å². The number of hydrogen-bond donors (Lipinski definition) is 2. The van der Waals surface area contributed by atoms with E-state index in [4.69, 9.17) is 0 Å². The van der Waals surface area contributed by atoms with Gasteiger partial charge in [0, 0.05) is 6.42 Å². The number of nitrogens with one attached hydrogen (secondary N) is 1. The van der Waals surface area contributed by atoms with Gasteiger partial charge in [-0.05, 0) is 19.3 Å². The third kappa shape index (κ3) is 3.21. The zero-order chi connectivity index (χ0) is 8.10. The molecule has 2 heteroatoms. The van der Waals surface area contributed by atoms with Crippen LogP contribution in [0, 0.1) is 0 Å². The Bertz CT molecular complexity index is 97.7. The first-order chi connectivity index (χ1) is 5.33. The summed E-state index contributed by atoms with van der Waals surface area (Å²) in [7, 11) is 0. The highest BCUT2D eigenvalue weighted by molar-refractivity contribution is 4.50. The SMILES string of the molecule is CC[C@@H]([NH3+])C[NH+]1CCCCC1. The Morgan fingerprint density at radius 3 is 2.45 bits per heavy atom. The average Bonchev–Trinajstić information content (AvgIpc) is 2.06. The number of hydrogen-bond acceptors (Lipinski definition) is 0. The lowest BCUT2D eigenvalue weighted by molar-refractivity contribution is -0.914. The molecule has 0 radical (unpaired) electrons. The smallest absolute Gasteiger partial charge is 0.134 e. The van der Waals surface area contributed by atoms with Gasteiger partial charge in [-0.2, -0.15) is 0 Å². The molecular formula is C9H22N2+2. The number of piperidine rings is 1. The van der Waals surface area contributed by atoms with Crippen molar-refractivity contribution in [2.24, 2.45) is 0 Å². The van der Waals surface area contributed by atoms with E-state index in [-0.39, 0.29) is 0 Å². The zero-order valence-corrected chi connectivity index (χ0v) is 7.73. The molecule has 0 saturated carbocycles. The first kappa shape index (κ1) is 9.01. The summed E-state index contributed by atoms with van der Waals surface area (Å²) in [6.45, 7) is 6.33. The van der Waals surface area contributed by atoms with Crippen LogP contribution < -0.4 is 10.6 Å². The minimum atomic E-state index is 0.683. The molecule has 0 aromatic rings. The molecular weight excluding hydrogens is 136 g/mol. The van der Waals surface area contributed by atoms with E-state index in [1.807, 2.05) is 0 Å². The van der Waals surface area contributed by atoms with Gasteiger partial charge in [0.2, 0.25) is 0 Å². The molecule has 0 aliphatic carbocycles. The molecule has 11 heavy (non-hydrogen) atoms. The van der Waals surface area contributed by atoms with E-state index in [0.717, 1.165) is 0 Å². The lowest BCUT2D eigenvalue weighted by atomic mass is 10.1. The zero-order valence-electron chi connectivity index (χ0n) is 7.73. The third-order valence-corrected chi connectivity index (χ3v) is 2.72. The maximum Gasteiger partial charge on any atom is 0.134 e. The molecule has 4 N–H and O–H groups in total. The molecule has 1 aliphatic rings. The molecule has 1 heterocycles. The predicted octanol–water partition coefficient (Wildman–Crippen LogP) is -0.924. The molecule has 0 unspecified atom stereocenters. The summed E-state index contributed by atoms with van der Waals surface area (Å²) in [6, 6.07) is 0.683. The van der Waals surface area contributed by atoms with Gasteiger partial charge in [-0.25, -0.2) is 0 Å². The van der Waals surface area contributed by atoms with Crippen molar-refractivity contribution >= 4 is 0 Å². The Morgan fingerprint density at radius 1 is 1.27 bits per heavy atom. The van der Waals surface area contributed by atoms with E-state index < -0.39 is 0 Å². The maximum absolute atomic E-state index is 4.13. The summed E-state index contributed by atoms with van der Waals surface area (Å²) in [6.07, 6.45) is 5.57. The highest BCUT2D eigenvalue weighted by atomic mass is 15.1. The Morgan fingerprint density at radius 2 is 1.91 bits per heavy atom. The summed E-state index contributed by atoms with van der Waals surface area (Å²) in [5, 5.41) is 0. The summed E-state index contributed by atoms with van der Waals surface area (Å²) in [4.78, 5) is 1.79. The molecule has 2 nitrogen and oxygen atoms in total. The standard InChI is InChI=1S/C9H20N2/c1-2-9(10)8-11-6-4-3-5-7-11/h9H,2-8,10H2,1H3/p+2/t9-/m1/s1. The van der Waals surface area contributed by atoms with Gasteiger partial charge in [-0.3, -0.25) is 0 Å². The second kappa shape index (κ2) is 4.73. The number of likely N-dealkylation sites (tertiary alicyclic amines) is 1. The van der Waals surface area contributed by atoms with Crippen LogP contribution in [0.5, 0.6) is 0 Å². The summed E-state index contributed by atoms with van der Waals surface area (Å²) in [5.74, 6) is 0. The van der Waals surface area contributed by atoms with Crippen molar-refractivity contribution in [1.82, 2.24) is 0 Å². The second-order valence-corrected chi connectivity index (χ2v) is 3.79. The fraction of sp³-hybridized carbons (Fsp3) is 1.00. The van der Waals surface area contributed by atoms with Gasteiger partial charge in [0.25, 0.3) is 0 Å². The van der Waals surface area contributed by atoms with Crippen molar-refractivity contribution in [3.05, 3.63) is 0 Å². The first-order valence-corrected chi connectivity index (χ1v) is 4.99. The van der Waals surface area contributed by atoms with Crippen molar-refractivity contribution in [1.29, 1.82) is 0 Å².